The van der Waals surface area contributed by atoms with Crippen LogP contribution in [0.5, 0.6) is 0 Å². The summed E-state index contributed by atoms with van der Waals surface area (Å²) in [5, 5.41) is 0. The van der Waals surface area contributed by atoms with Crippen molar-refractivity contribution in [2.75, 3.05) is 12.0 Å². The van der Waals surface area contributed by atoms with Gasteiger partial charge >= 0.3 is 11.9 Å². The van der Waals surface area contributed by atoms with Crippen LogP contribution in [0.1, 0.15) is 13.3 Å². The summed E-state index contributed by atoms with van der Waals surface area (Å²) in [6, 6.07) is -0.679. The van der Waals surface area contributed by atoms with Crippen LogP contribution in [0.3, 0.4) is 0 Å². The zero-order chi connectivity index (χ0) is 9.56. The summed E-state index contributed by atoms with van der Waals surface area (Å²) in [5.41, 5.74) is 5.41. The second kappa shape index (κ2) is 8.66. The Morgan fingerprint density at radius 2 is 2.08 bits per heavy atom. The number of thioether (sulfide) groups is 1. The summed E-state index contributed by atoms with van der Waals surface area (Å²) in [4.78, 5) is 21.2. The van der Waals surface area contributed by atoms with Crippen molar-refractivity contribution in [3.05, 3.63) is 0 Å². The van der Waals surface area contributed by atoms with Crippen molar-refractivity contribution in [1.29, 1.82) is 0 Å². The smallest absolute Gasteiger partial charge is 0.330 e. The molecule has 0 aliphatic carbocycles. The van der Waals surface area contributed by atoms with Gasteiger partial charge in [-0.05, 0) is 18.4 Å². The minimum absolute atomic E-state index is 0. The molecule has 0 saturated carbocycles. The molecule has 0 rings (SSSR count). The SMILES string of the molecule is CSCC[C@H](N)C(=O)OC(C)=O.[Zn]. The zero-order valence-corrected chi connectivity index (χ0v) is 11.7. The summed E-state index contributed by atoms with van der Waals surface area (Å²) in [7, 11) is 0. The number of carbonyl (C=O) groups is 2. The van der Waals surface area contributed by atoms with Gasteiger partial charge in [0.2, 0.25) is 0 Å². The van der Waals surface area contributed by atoms with E-state index in [-0.39, 0.29) is 19.5 Å². The van der Waals surface area contributed by atoms with Crippen LogP contribution >= 0.6 is 11.8 Å². The van der Waals surface area contributed by atoms with E-state index in [4.69, 9.17) is 5.73 Å². The molecule has 0 bridgehead atoms. The molecule has 6 heteroatoms. The van der Waals surface area contributed by atoms with Crippen LogP contribution in [0.2, 0.25) is 0 Å². The first-order valence-corrected chi connectivity index (χ1v) is 4.94. The Morgan fingerprint density at radius 1 is 1.54 bits per heavy atom. The number of ether oxygens (including phenoxy) is 1. The van der Waals surface area contributed by atoms with Crippen LogP contribution in [-0.4, -0.2) is 30.0 Å². The Labute approximate surface area is 94.7 Å². The van der Waals surface area contributed by atoms with Gasteiger partial charge in [-0.2, -0.15) is 11.8 Å². The molecule has 4 nitrogen and oxygen atoms in total. The van der Waals surface area contributed by atoms with Gasteiger partial charge in [0, 0.05) is 26.4 Å². The Bertz CT molecular complexity index is 177. The third-order valence-corrected chi connectivity index (χ3v) is 1.82. The molecule has 0 heterocycles. The number of nitrogens with two attached hydrogens (primary N) is 1. The van der Waals surface area contributed by atoms with E-state index in [9.17, 15) is 9.59 Å². The molecule has 1 atom stereocenters. The van der Waals surface area contributed by atoms with Gasteiger partial charge in [0.15, 0.2) is 0 Å². The first kappa shape index (κ1) is 15.5. The maximum atomic E-state index is 10.9. The molecule has 0 amide bonds. The zero-order valence-electron chi connectivity index (χ0n) is 7.91. The predicted molar refractivity (Wildman–Crippen MR) is 47.7 cm³/mol. The minimum Gasteiger partial charge on any atom is -0.392 e. The Morgan fingerprint density at radius 3 is 2.46 bits per heavy atom. The van der Waals surface area contributed by atoms with Crippen LogP contribution in [0, 0.1) is 0 Å². The first-order valence-electron chi connectivity index (χ1n) is 3.54. The largest absolute Gasteiger partial charge is 0.392 e. The summed E-state index contributed by atoms with van der Waals surface area (Å²) in [6.07, 6.45) is 2.45. The summed E-state index contributed by atoms with van der Waals surface area (Å²) in [6.45, 7) is 1.18. The number of rotatable bonds is 4. The average molecular weight is 257 g/mol. The molecule has 0 radical (unpaired) electrons. The van der Waals surface area contributed by atoms with E-state index < -0.39 is 18.0 Å². The second-order valence-corrected chi connectivity index (χ2v) is 3.29. The second-order valence-electron chi connectivity index (χ2n) is 2.30. The molecule has 0 aliphatic heterocycles. The third kappa shape index (κ3) is 8.40. The number of hydrogen-bond acceptors (Lipinski definition) is 5. The van der Waals surface area contributed by atoms with Crippen LogP contribution in [0.4, 0.5) is 0 Å². The van der Waals surface area contributed by atoms with Gasteiger partial charge in [0.05, 0.1) is 0 Å². The molecule has 0 fully saturated rings. The van der Waals surface area contributed by atoms with E-state index >= 15 is 0 Å². The molecule has 0 aromatic rings. The Hall–Kier alpha value is 0.0734. The van der Waals surface area contributed by atoms with Crippen LogP contribution in [-0.2, 0) is 33.8 Å². The van der Waals surface area contributed by atoms with Crippen LogP contribution in [0.15, 0.2) is 0 Å². The third-order valence-electron chi connectivity index (χ3n) is 1.18. The van der Waals surface area contributed by atoms with E-state index in [0.717, 1.165) is 5.75 Å². The van der Waals surface area contributed by atoms with Gasteiger partial charge < -0.3 is 10.5 Å². The van der Waals surface area contributed by atoms with Crippen LogP contribution in [0.25, 0.3) is 0 Å². The fraction of sp³-hybridized carbons (Fsp3) is 0.714. The molecule has 0 aliphatic rings. The molecular formula is C7H13NO3SZn. The Kier molecular flexibility index (Phi) is 10.4. The van der Waals surface area contributed by atoms with E-state index in [2.05, 4.69) is 4.74 Å². The van der Waals surface area contributed by atoms with Gasteiger partial charge in [0.25, 0.3) is 0 Å². The average Bonchev–Trinajstić information content (AvgIpc) is 1.98. The standard InChI is InChI=1S/C7H13NO3S.Zn/c1-5(9)11-7(10)6(8)3-4-12-2;/h6H,3-4,8H2,1-2H3;/t6-;/m0./s1. The maximum absolute atomic E-state index is 10.9. The van der Waals surface area contributed by atoms with Crippen molar-refractivity contribution in [3.63, 3.8) is 0 Å². The molecule has 0 aromatic heterocycles. The summed E-state index contributed by atoms with van der Waals surface area (Å²) in [5.74, 6) is -0.468. The van der Waals surface area contributed by atoms with E-state index in [1.807, 2.05) is 6.26 Å². The monoisotopic (exact) mass is 255 g/mol. The van der Waals surface area contributed by atoms with Crippen molar-refractivity contribution in [3.8, 4) is 0 Å². The number of carbonyl (C=O) groups excluding carboxylic acids is 2. The fourth-order valence-corrected chi connectivity index (χ4v) is 1.07. The molecular weight excluding hydrogens is 244 g/mol. The van der Waals surface area contributed by atoms with Gasteiger partial charge in [-0.3, -0.25) is 4.79 Å². The summed E-state index contributed by atoms with van der Waals surface area (Å²) < 4.78 is 4.30. The van der Waals surface area contributed by atoms with Crippen molar-refractivity contribution < 1.29 is 33.8 Å². The minimum atomic E-state index is -0.679. The molecule has 0 unspecified atom stereocenters. The fourth-order valence-electron chi connectivity index (χ4n) is 0.580. The van der Waals surface area contributed by atoms with Crippen LogP contribution < -0.4 is 5.73 Å². The number of hydrogen-bond donors (Lipinski definition) is 1. The molecule has 0 aromatic carbocycles. The van der Waals surface area contributed by atoms with Gasteiger partial charge in [-0.1, -0.05) is 0 Å². The normalized spacial score (nSPS) is 11.3. The number of esters is 2. The topological polar surface area (TPSA) is 69.4 Å². The predicted octanol–water partition coefficient (Wildman–Crippen LogP) is 0.154. The summed E-state index contributed by atoms with van der Waals surface area (Å²) >= 11 is 1.59. The van der Waals surface area contributed by atoms with E-state index in [1.165, 1.54) is 6.92 Å². The van der Waals surface area contributed by atoms with Crippen molar-refractivity contribution in [2.24, 2.45) is 5.73 Å². The van der Waals surface area contributed by atoms with Crippen molar-refractivity contribution in [1.82, 2.24) is 0 Å². The molecule has 2 N–H and O–H groups in total. The van der Waals surface area contributed by atoms with Gasteiger partial charge in [-0.25, -0.2) is 4.79 Å². The van der Waals surface area contributed by atoms with Crippen molar-refractivity contribution >= 4 is 23.7 Å². The van der Waals surface area contributed by atoms with Crippen molar-refractivity contribution in [2.45, 2.75) is 19.4 Å². The maximum Gasteiger partial charge on any atom is 0.330 e. The van der Waals surface area contributed by atoms with Gasteiger partial charge in [-0.15, -0.1) is 0 Å². The Balaban J connectivity index is 0. The van der Waals surface area contributed by atoms with E-state index in [0.29, 0.717) is 6.42 Å². The quantitative estimate of drug-likeness (QED) is 0.441. The van der Waals surface area contributed by atoms with Gasteiger partial charge in [0.1, 0.15) is 6.04 Å². The molecule has 0 saturated heterocycles. The van der Waals surface area contributed by atoms with E-state index in [1.54, 1.807) is 11.8 Å². The molecule has 0 spiro atoms. The molecule has 13 heavy (non-hydrogen) atoms. The first-order chi connectivity index (χ1) is 5.57. The molecule has 72 valence electrons.